The maximum absolute atomic E-state index is 12.6. The number of carbonyl (C=O) groups is 1. The molecule has 0 bridgehead atoms. The van der Waals surface area contributed by atoms with Gasteiger partial charge in [0.1, 0.15) is 0 Å². The minimum absolute atomic E-state index is 0. The first-order valence-corrected chi connectivity index (χ1v) is 9.85. The van der Waals surface area contributed by atoms with Crippen LogP contribution in [0.3, 0.4) is 0 Å². The molecule has 1 aromatic rings. The molecule has 0 aliphatic carbocycles. The van der Waals surface area contributed by atoms with E-state index >= 15 is 0 Å². The van der Waals surface area contributed by atoms with Gasteiger partial charge in [-0.25, -0.2) is 0 Å². The number of ether oxygens (including phenoxy) is 2. The van der Waals surface area contributed by atoms with Crippen LogP contribution in [0.2, 0.25) is 0 Å². The number of piperazine rings is 1. The minimum Gasteiger partial charge on any atom is -0.382 e. The number of hydrogen-bond donors (Lipinski definition) is 1. The molecule has 2 aliphatic heterocycles. The van der Waals surface area contributed by atoms with Crippen molar-refractivity contribution in [2.24, 2.45) is 4.99 Å². The summed E-state index contributed by atoms with van der Waals surface area (Å²) in [5.74, 6) is 0.844. The summed E-state index contributed by atoms with van der Waals surface area (Å²) in [7, 11) is 3.41. The van der Waals surface area contributed by atoms with E-state index in [0.29, 0.717) is 19.8 Å². The van der Waals surface area contributed by atoms with Crippen LogP contribution in [0, 0.1) is 0 Å². The Balaban J connectivity index is 0.00000300. The summed E-state index contributed by atoms with van der Waals surface area (Å²) in [5.41, 5.74) is 1.21. The van der Waals surface area contributed by atoms with Crippen molar-refractivity contribution in [1.82, 2.24) is 15.1 Å². The predicted molar refractivity (Wildman–Crippen MR) is 125 cm³/mol. The van der Waals surface area contributed by atoms with Crippen LogP contribution in [0.1, 0.15) is 0 Å². The Bertz CT molecular complexity index is 651. The largest absolute Gasteiger partial charge is 0.382 e. The van der Waals surface area contributed by atoms with E-state index in [9.17, 15) is 4.79 Å². The van der Waals surface area contributed by atoms with E-state index in [4.69, 9.17) is 9.47 Å². The van der Waals surface area contributed by atoms with Gasteiger partial charge in [0.25, 0.3) is 0 Å². The van der Waals surface area contributed by atoms with Gasteiger partial charge in [0.15, 0.2) is 5.96 Å². The molecule has 1 N–H and O–H groups in total. The highest BCUT2D eigenvalue weighted by molar-refractivity contribution is 14.0. The fraction of sp³-hybridized carbons (Fsp3) is 0.600. The first-order valence-electron chi connectivity index (χ1n) is 9.85. The number of guanidine groups is 1. The third kappa shape index (κ3) is 6.71. The number of benzene rings is 1. The van der Waals surface area contributed by atoms with Gasteiger partial charge in [0.05, 0.1) is 25.9 Å². The lowest BCUT2D eigenvalue weighted by Gasteiger charge is -2.37. The highest BCUT2D eigenvalue weighted by Gasteiger charge is 2.25. The standard InChI is InChI=1S/C20H31N5O3.HI/c1-21-20(25-12-13-28-18(15-25)16-27-2)22-14-19(26)24-10-8-23(9-11-24)17-6-4-3-5-7-17;/h3-7,18H,8-16H2,1-2H3,(H,21,22);1H. The molecule has 1 amide bonds. The Morgan fingerprint density at radius 1 is 1.17 bits per heavy atom. The van der Waals surface area contributed by atoms with Crippen molar-refractivity contribution >= 4 is 41.5 Å². The summed E-state index contributed by atoms with van der Waals surface area (Å²) in [6.45, 7) is 6.08. The number of morpholine rings is 1. The van der Waals surface area contributed by atoms with Crippen molar-refractivity contribution in [2.75, 3.05) is 78.1 Å². The van der Waals surface area contributed by atoms with Crippen LogP contribution in [-0.4, -0.2) is 101 Å². The number of methoxy groups -OCH3 is 1. The van der Waals surface area contributed by atoms with Crippen LogP contribution in [0.15, 0.2) is 35.3 Å². The Labute approximate surface area is 190 Å². The maximum Gasteiger partial charge on any atom is 0.242 e. The van der Waals surface area contributed by atoms with Gasteiger partial charge >= 0.3 is 0 Å². The zero-order valence-corrected chi connectivity index (χ0v) is 19.6. The summed E-state index contributed by atoms with van der Waals surface area (Å²) < 4.78 is 10.9. The average molecular weight is 517 g/mol. The van der Waals surface area contributed by atoms with Gasteiger partial charge in [-0.2, -0.15) is 0 Å². The lowest BCUT2D eigenvalue weighted by Crippen LogP contribution is -2.55. The second-order valence-electron chi connectivity index (χ2n) is 7.00. The van der Waals surface area contributed by atoms with E-state index < -0.39 is 0 Å². The number of rotatable bonds is 5. The van der Waals surface area contributed by atoms with Gasteiger partial charge in [-0.15, -0.1) is 24.0 Å². The molecule has 0 saturated carbocycles. The molecule has 0 aromatic heterocycles. The second kappa shape index (κ2) is 12.2. The summed E-state index contributed by atoms with van der Waals surface area (Å²) in [6, 6.07) is 10.3. The van der Waals surface area contributed by atoms with E-state index in [2.05, 4.69) is 32.2 Å². The van der Waals surface area contributed by atoms with Crippen LogP contribution in [-0.2, 0) is 14.3 Å². The first kappa shape index (κ1) is 23.7. The van der Waals surface area contributed by atoms with E-state index in [-0.39, 0.29) is 42.5 Å². The molecule has 2 heterocycles. The zero-order chi connectivity index (χ0) is 19.8. The van der Waals surface area contributed by atoms with Crippen LogP contribution >= 0.6 is 24.0 Å². The van der Waals surface area contributed by atoms with Crippen LogP contribution in [0.4, 0.5) is 5.69 Å². The molecule has 1 unspecified atom stereocenters. The molecular formula is C20H32IN5O3. The topological polar surface area (TPSA) is 69.6 Å². The number of nitrogens with zero attached hydrogens (tertiary/aromatic N) is 4. The van der Waals surface area contributed by atoms with Gasteiger partial charge in [-0.3, -0.25) is 9.79 Å². The van der Waals surface area contributed by atoms with Crippen LogP contribution in [0.25, 0.3) is 0 Å². The van der Waals surface area contributed by atoms with Crippen molar-refractivity contribution in [3.8, 4) is 0 Å². The molecule has 8 nitrogen and oxygen atoms in total. The highest BCUT2D eigenvalue weighted by atomic mass is 127. The number of nitrogens with one attached hydrogen (secondary N) is 1. The van der Waals surface area contributed by atoms with E-state index in [1.807, 2.05) is 23.1 Å². The number of para-hydroxylation sites is 1. The lowest BCUT2D eigenvalue weighted by atomic mass is 10.2. The molecular weight excluding hydrogens is 485 g/mol. The maximum atomic E-state index is 12.6. The Morgan fingerprint density at radius 2 is 1.90 bits per heavy atom. The summed E-state index contributed by atoms with van der Waals surface area (Å²) in [6.07, 6.45) is 0.0269. The number of halogens is 1. The number of hydrogen-bond acceptors (Lipinski definition) is 5. The normalized spacial score (nSPS) is 20.3. The number of carbonyl (C=O) groups excluding carboxylic acids is 1. The molecule has 0 radical (unpaired) electrons. The van der Waals surface area contributed by atoms with Gasteiger partial charge in [0.2, 0.25) is 5.91 Å². The molecule has 1 aromatic carbocycles. The summed E-state index contributed by atoms with van der Waals surface area (Å²) in [5, 5.41) is 3.22. The highest BCUT2D eigenvalue weighted by Crippen LogP contribution is 2.15. The molecule has 9 heteroatoms. The molecule has 2 saturated heterocycles. The Hall–Kier alpha value is -1.59. The molecule has 162 valence electrons. The van der Waals surface area contributed by atoms with Crippen LogP contribution < -0.4 is 10.2 Å². The third-order valence-corrected chi connectivity index (χ3v) is 5.15. The van der Waals surface area contributed by atoms with Gasteiger partial charge in [0, 0.05) is 59.1 Å². The SMILES string of the molecule is CN=C(NCC(=O)N1CCN(c2ccccc2)CC1)N1CCOC(COC)C1.I. The molecule has 2 fully saturated rings. The second-order valence-corrected chi connectivity index (χ2v) is 7.00. The zero-order valence-electron chi connectivity index (χ0n) is 17.2. The molecule has 1 atom stereocenters. The van der Waals surface area contributed by atoms with Crippen molar-refractivity contribution in [1.29, 1.82) is 0 Å². The van der Waals surface area contributed by atoms with Crippen LogP contribution in [0.5, 0.6) is 0 Å². The van der Waals surface area contributed by atoms with Gasteiger partial charge in [-0.05, 0) is 12.1 Å². The predicted octanol–water partition coefficient (Wildman–Crippen LogP) is 0.876. The van der Waals surface area contributed by atoms with E-state index in [1.54, 1.807) is 14.2 Å². The number of anilines is 1. The first-order chi connectivity index (χ1) is 13.7. The Kier molecular flexibility index (Phi) is 9.95. The monoisotopic (exact) mass is 517 g/mol. The summed E-state index contributed by atoms with van der Waals surface area (Å²) >= 11 is 0. The average Bonchev–Trinajstić information content (AvgIpc) is 2.75. The van der Waals surface area contributed by atoms with Gasteiger partial charge < -0.3 is 29.5 Å². The quantitative estimate of drug-likeness (QED) is 0.356. The molecule has 3 rings (SSSR count). The number of aliphatic imine (C=N–C) groups is 1. The van der Waals surface area contributed by atoms with E-state index in [1.165, 1.54) is 5.69 Å². The van der Waals surface area contributed by atoms with Crippen molar-refractivity contribution < 1.29 is 14.3 Å². The molecule has 29 heavy (non-hydrogen) atoms. The minimum atomic E-state index is 0. The van der Waals surface area contributed by atoms with Crippen molar-refractivity contribution in [2.45, 2.75) is 6.10 Å². The summed E-state index contributed by atoms with van der Waals surface area (Å²) in [4.78, 5) is 23.3. The smallest absolute Gasteiger partial charge is 0.242 e. The van der Waals surface area contributed by atoms with Crippen molar-refractivity contribution in [3.05, 3.63) is 30.3 Å². The Morgan fingerprint density at radius 3 is 2.55 bits per heavy atom. The van der Waals surface area contributed by atoms with Gasteiger partial charge in [-0.1, -0.05) is 18.2 Å². The molecule has 2 aliphatic rings. The lowest BCUT2D eigenvalue weighted by molar-refractivity contribution is -0.130. The third-order valence-electron chi connectivity index (χ3n) is 5.15. The fourth-order valence-corrected chi connectivity index (χ4v) is 3.65. The number of amides is 1. The fourth-order valence-electron chi connectivity index (χ4n) is 3.65. The molecule has 0 spiro atoms. The van der Waals surface area contributed by atoms with Crippen molar-refractivity contribution in [3.63, 3.8) is 0 Å². The van der Waals surface area contributed by atoms with E-state index in [0.717, 1.165) is 38.7 Å².